The number of nitrogens with one attached hydrogen (secondary N) is 1. The van der Waals surface area contributed by atoms with Gasteiger partial charge in [0.05, 0.1) is 12.1 Å². The van der Waals surface area contributed by atoms with Crippen molar-refractivity contribution in [2.45, 2.75) is 64.2 Å². The van der Waals surface area contributed by atoms with Gasteiger partial charge in [0.1, 0.15) is 24.3 Å². The third-order valence-corrected chi connectivity index (χ3v) is 4.02. The first-order valence-electron chi connectivity index (χ1n) is 8.42. The lowest BCUT2D eigenvalue weighted by atomic mass is 10.2. The highest BCUT2D eigenvalue weighted by Gasteiger charge is 2.25. The Morgan fingerprint density at radius 1 is 1.30 bits per heavy atom. The molecule has 5 heteroatoms. The van der Waals surface area contributed by atoms with Crippen LogP contribution in [0.25, 0.3) is 0 Å². The number of halogens is 1. The standard InChI is InChI=1S/C18H26FNO3/c1-3-17(23-16-6-4-5-7-16)18(21)20-13(2)12-22-15-10-8-14(19)9-11-15/h8-11,13,16-17H,3-7,12H2,1-2H3,(H,20,21). The zero-order valence-electron chi connectivity index (χ0n) is 13.9. The minimum Gasteiger partial charge on any atom is -0.491 e. The molecule has 1 saturated carbocycles. The highest BCUT2D eigenvalue weighted by Crippen LogP contribution is 2.23. The van der Waals surface area contributed by atoms with Gasteiger partial charge in [-0.1, -0.05) is 19.8 Å². The molecule has 1 aromatic rings. The van der Waals surface area contributed by atoms with Gasteiger partial charge in [-0.05, 0) is 50.5 Å². The molecule has 1 N–H and O–H groups in total. The number of hydrogen-bond donors (Lipinski definition) is 1. The topological polar surface area (TPSA) is 47.6 Å². The number of hydrogen-bond acceptors (Lipinski definition) is 3. The van der Waals surface area contributed by atoms with Gasteiger partial charge in [0.15, 0.2) is 0 Å². The summed E-state index contributed by atoms with van der Waals surface area (Å²) in [4.78, 5) is 12.3. The predicted octanol–water partition coefficient (Wildman–Crippen LogP) is 3.45. The summed E-state index contributed by atoms with van der Waals surface area (Å²) in [6.45, 7) is 4.17. The lowest BCUT2D eigenvalue weighted by molar-refractivity contribution is -0.137. The highest BCUT2D eigenvalue weighted by atomic mass is 19.1. The Labute approximate surface area is 137 Å². The summed E-state index contributed by atoms with van der Waals surface area (Å²) in [5.74, 6) is 0.199. The van der Waals surface area contributed by atoms with E-state index < -0.39 is 6.10 Å². The Kier molecular flexibility index (Phi) is 6.84. The minimum absolute atomic E-state index is 0.0883. The van der Waals surface area contributed by atoms with E-state index in [9.17, 15) is 9.18 Å². The van der Waals surface area contributed by atoms with E-state index in [2.05, 4.69) is 5.32 Å². The zero-order chi connectivity index (χ0) is 16.7. The molecular formula is C18H26FNO3. The average molecular weight is 323 g/mol. The smallest absolute Gasteiger partial charge is 0.249 e. The van der Waals surface area contributed by atoms with Crippen LogP contribution in [0.2, 0.25) is 0 Å². The Balaban J connectivity index is 1.74. The predicted molar refractivity (Wildman–Crippen MR) is 86.9 cm³/mol. The monoisotopic (exact) mass is 323 g/mol. The van der Waals surface area contributed by atoms with Crippen LogP contribution in [0, 0.1) is 5.82 Å². The molecule has 4 nitrogen and oxygen atoms in total. The summed E-state index contributed by atoms with van der Waals surface area (Å²) in [6.07, 6.45) is 4.95. The molecule has 1 fully saturated rings. The van der Waals surface area contributed by atoms with Crippen molar-refractivity contribution in [1.29, 1.82) is 0 Å². The number of ether oxygens (including phenoxy) is 2. The maximum atomic E-state index is 12.8. The first-order chi connectivity index (χ1) is 11.1. The summed E-state index contributed by atoms with van der Waals surface area (Å²) < 4.78 is 24.3. The third kappa shape index (κ3) is 5.82. The van der Waals surface area contributed by atoms with Crippen LogP contribution in [0.1, 0.15) is 46.0 Å². The van der Waals surface area contributed by atoms with Gasteiger partial charge in [-0.3, -0.25) is 4.79 Å². The molecule has 0 bridgehead atoms. The minimum atomic E-state index is -0.397. The number of rotatable bonds is 8. The maximum Gasteiger partial charge on any atom is 0.249 e. The summed E-state index contributed by atoms with van der Waals surface area (Å²) in [6, 6.07) is 5.69. The number of carbonyl (C=O) groups is 1. The number of carbonyl (C=O) groups excluding carboxylic acids is 1. The normalized spacial score (nSPS) is 17.7. The van der Waals surface area contributed by atoms with Crippen LogP contribution in [0.3, 0.4) is 0 Å². The van der Waals surface area contributed by atoms with Crippen LogP contribution in [-0.4, -0.2) is 30.8 Å². The van der Waals surface area contributed by atoms with Gasteiger partial charge in [0.2, 0.25) is 5.91 Å². The molecule has 1 amide bonds. The number of benzene rings is 1. The molecule has 0 saturated heterocycles. The second-order valence-electron chi connectivity index (χ2n) is 6.11. The summed E-state index contributed by atoms with van der Waals surface area (Å²) >= 11 is 0. The molecule has 23 heavy (non-hydrogen) atoms. The second-order valence-corrected chi connectivity index (χ2v) is 6.11. The fourth-order valence-electron chi connectivity index (χ4n) is 2.73. The lowest BCUT2D eigenvalue weighted by Gasteiger charge is -2.22. The Morgan fingerprint density at radius 3 is 2.57 bits per heavy atom. The van der Waals surface area contributed by atoms with Crippen LogP contribution in [0.4, 0.5) is 4.39 Å². The Morgan fingerprint density at radius 2 is 1.96 bits per heavy atom. The van der Waals surface area contributed by atoms with Gasteiger partial charge in [-0.2, -0.15) is 0 Å². The highest BCUT2D eigenvalue weighted by molar-refractivity contribution is 5.81. The lowest BCUT2D eigenvalue weighted by Crippen LogP contribution is -2.44. The zero-order valence-corrected chi connectivity index (χ0v) is 13.9. The molecule has 2 rings (SSSR count). The first kappa shape index (κ1) is 17.7. The molecule has 1 aliphatic rings. The van der Waals surface area contributed by atoms with Crippen molar-refractivity contribution in [3.05, 3.63) is 30.1 Å². The summed E-state index contributed by atoms with van der Waals surface area (Å²) in [7, 11) is 0. The van der Waals surface area contributed by atoms with E-state index in [-0.39, 0.29) is 23.9 Å². The van der Waals surface area contributed by atoms with Gasteiger partial charge in [-0.15, -0.1) is 0 Å². The van der Waals surface area contributed by atoms with Crippen LogP contribution < -0.4 is 10.1 Å². The molecule has 2 atom stereocenters. The van der Waals surface area contributed by atoms with Crippen LogP contribution in [0.15, 0.2) is 24.3 Å². The largest absolute Gasteiger partial charge is 0.491 e. The van der Waals surface area contributed by atoms with Crippen molar-refractivity contribution >= 4 is 5.91 Å². The van der Waals surface area contributed by atoms with Crippen molar-refractivity contribution in [2.75, 3.05) is 6.61 Å². The second kappa shape index (κ2) is 8.87. The Hall–Kier alpha value is -1.62. The fourth-order valence-corrected chi connectivity index (χ4v) is 2.73. The first-order valence-corrected chi connectivity index (χ1v) is 8.42. The molecule has 2 unspecified atom stereocenters. The Bertz CT molecular complexity index is 486. The van der Waals surface area contributed by atoms with E-state index in [0.717, 1.165) is 12.8 Å². The molecule has 128 valence electrons. The summed E-state index contributed by atoms with van der Waals surface area (Å²) in [5.41, 5.74) is 0. The van der Waals surface area contributed by atoms with E-state index in [1.807, 2.05) is 13.8 Å². The van der Waals surface area contributed by atoms with Crippen molar-refractivity contribution < 1.29 is 18.7 Å². The third-order valence-electron chi connectivity index (χ3n) is 4.02. The summed E-state index contributed by atoms with van der Waals surface area (Å²) in [5, 5.41) is 2.92. The van der Waals surface area contributed by atoms with E-state index in [4.69, 9.17) is 9.47 Å². The van der Waals surface area contributed by atoms with Gasteiger partial charge in [-0.25, -0.2) is 4.39 Å². The van der Waals surface area contributed by atoms with Gasteiger partial charge < -0.3 is 14.8 Å². The molecule has 0 aliphatic heterocycles. The van der Waals surface area contributed by atoms with Crippen molar-refractivity contribution in [3.63, 3.8) is 0 Å². The molecule has 1 aliphatic carbocycles. The van der Waals surface area contributed by atoms with E-state index in [1.54, 1.807) is 12.1 Å². The van der Waals surface area contributed by atoms with Gasteiger partial charge >= 0.3 is 0 Å². The number of amides is 1. The van der Waals surface area contributed by atoms with E-state index >= 15 is 0 Å². The van der Waals surface area contributed by atoms with Crippen molar-refractivity contribution in [1.82, 2.24) is 5.32 Å². The van der Waals surface area contributed by atoms with Crippen molar-refractivity contribution in [3.8, 4) is 5.75 Å². The molecule has 0 heterocycles. The molecule has 0 radical (unpaired) electrons. The van der Waals surface area contributed by atoms with Crippen molar-refractivity contribution in [2.24, 2.45) is 0 Å². The van der Waals surface area contributed by atoms with Crippen LogP contribution in [-0.2, 0) is 9.53 Å². The average Bonchev–Trinajstić information content (AvgIpc) is 3.05. The maximum absolute atomic E-state index is 12.8. The van der Waals surface area contributed by atoms with E-state index in [0.29, 0.717) is 18.8 Å². The van der Waals surface area contributed by atoms with Gasteiger partial charge in [0, 0.05) is 0 Å². The molecule has 0 aromatic heterocycles. The van der Waals surface area contributed by atoms with Crippen LogP contribution >= 0.6 is 0 Å². The quantitative estimate of drug-likeness (QED) is 0.797. The van der Waals surface area contributed by atoms with Crippen LogP contribution in [0.5, 0.6) is 5.75 Å². The van der Waals surface area contributed by atoms with Gasteiger partial charge in [0.25, 0.3) is 0 Å². The molecular weight excluding hydrogens is 297 g/mol. The molecule has 1 aromatic carbocycles. The molecule has 0 spiro atoms. The van der Waals surface area contributed by atoms with E-state index in [1.165, 1.54) is 25.0 Å². The fraction of sp³-hybridized carbons (Fsp3) is 0.611. The SMILES string of the molecule is CCC(OC1CCCC1)C(=O)NC(C)COc1ccc(F)cc1.